The summed E-state index contributed by atoms with van der Waals surface area (Å²) in [6.45, 7) is 2.97. The van der Waals surface area contributed by atoms with Crippen molar-refractivity contribution in [2.75, 3.05) is 27.4 Å². The van der Waals surface area contributed by atoms with Gasteiger partial charge in [0.2, 0.25) is 0 Å². The Labute approximate surface area is 143 Å². The van der Waals surface area contributed by atoms with Crippen molar-refractivity contribution < 1.29 is 28.5 Å². The Morgan fingerprint density at radius 3 is 2.79 bits per heavy atom. The van der Waals surface area contributed by atoms with Crippen LogP contribution in [0, 0.1) is 0 Å². The Balaban J connectivity index is 1.81. The van der Waals surface area contributed by atoms with E-state index in [0.29, 0.717) is 18.1 Å². The molecule has 0 spiro atoms. The van der Waals surface area contributed by atoms with E-state index >= 15 is 0 Å². The second kappa shape index (κ2) is 9.49. The first-order valence-electron chi connectivity index (χ1n) is 8.24. The molecular formula is C18H26O6. The monoisotopic (exact) mass is 338 g/mol. The fourth-order valence-corrected chi connectivity index (χ4v) is 2.52. The molecule has 24 heavy (non-hydrogen) atoms. The van der Waals surface area contributed by atoms with Crippen molar-refractivity contribution in [3.05, 3.63) is 23.8 Å². The highest BCUT2D eigenvalue weighted by atomic mass is 16.6. The van der Waals surface area contributed by atoms with E-state index in [-0.39, 0.29) is 12.7 Å². The van der Waals surface area contributed by atoms with Crippen LogP contribution in [-0.2, 0) is 25.6 Å². The number of hydrogen-bond acceptors (Lipinski definition) is 6. The second-order valence-electron chi connectivity index (χ2n) is 5.75. The lowest BCUT2D eigenvalue weighted by molar-refractivity contribution is -0.160. The van der Waals surface area contributed by atoms with Crippen LogP contribution in [0.25, 0.3) is 0 Å². The summed E-state index contributed by atoms with van der Waals surface area (Å²) < 4.78 is 26.9. The standard InChI is InChI=1S/C18H26O6/c1-13(23-12-16-6-4-5-9-22-16)18(19)24-11-14-10-15(20-2)7-8-17(14)21-3/h7-8,10,13,16H,4-6,9,11-12H2,1-3H3. The van der Waals surface area contributed by atoms with Crippen LogP contribution in [0.3, 0.4) is 0 Å². The predicted octanol–water partition coefficient (Wildman–Crippen LogP) is 2.72. The summed E-state index contributed by atoms with van der Waals surface area (Å²) in [5.74, 6) is 0.920. The Morgan fingerprint density at radius 1 is 1.29 bits per heavy atom. The van der Waals surface area contributed by atoms with Crippen LogP contribution in [0.2, 0.25) is 0 Å². The van der Waals surface area contributed by atoms with E-state index in [2.05, 4.69) is 0 Å². The maximum atomic E-state index is 12.1. The van der Waals surface area contributed by atoms with E-state index in [4.69, 9.17) is 23.7 Å². The fourth-order valence-electron chi connectivity index (χ4n) is 2.52. The highest BCUT2D eigenvalue weighted by Gasteiger charge is 2.20. The molecule has 0 amide bonds. The van der Waals surface area contributed by atoms with E-state index in [9.17, 15) is 4.79 Å². The summed E-state index contributed by atoms with van der Waals surface area (Å²) in [6.07, 6.45) is 2.65. The van der Waals surface area contributed by atoms with Crippen LogP contribution >= 0.6 is 0 Å². The largest absolute Gasteiger partial charge is 0.497 e. The molecule has 1 aromatic rings. The first kappa shape index (κ1) is 18.5. The van der Waals surface area contributed by atoms with Gasteiger partial charge in [-0.25, -0.2) is 4.79 Å². The molecule has 2 rings (SSSR count). The average Bonchev–Trinajstić information content (AvgIpc) is 2.64. The lowest BCUT2D eigenvalue weighted by Crippen LogP contribution is -2.30. The molecule has 0 aromatic heterocycles. The number of rotatable bonds is 8. The number of carbonyl (C=O) groups is 1. The number of carbonyl (C=O) groups excluding carboxylic acids is 1. The van der Waals surface area contributed by atoms with E-state index in [1.54, 1.807) is 39.3 Å². The fraction of sp³-hybridized carbons (Fsp3) is 0.611. The quantitative estimate of drug-likeness (QED) is 0.679. The van der Waals surface area contributed by atoms with Gasteiger partial charge in [-0.05, 0) is 44.4 Å². The zero-order valence-corrected chi connectivity index (χ0v) is 14.6. The molecule has 1 saturated heterocycles. The third kappa shape index (κ3) is 5.39. The molecule has 2 unspecified atom stereocenters. The minimum atomic E-state index is -0.632. The Morgan fingerprint density at radius 2 is 2.12 bits per heavy atom. The summed E-state index contributed by atoms with van der Waals surface area (Å²) in [5, 5.41) is 0. The van der Waals surface area contributed by atoms with E-state index in [0.717, 1.165) is 31.4 Å². The van der Waals surface area contributed by atoms with Crippen LogP contribution in [0.1, 0.15) is 31.7 Å². The molecule has 1 aliphatic rings. The molecule has 1 fully saturated rings. The molecule has 0 N–H and O–H groups in total. The van der Waals surface area contributed by atoms with Crippen molar-refractivity contribution in [2.45, 2.75) is 45.0 Å². The van der Waals surface area contributed by atoms with Gasteiger partial charge in [0, 0.05) is 12.2 Å². The Hall–Kier alpha value is -1.79. The lowest BCUT2D eigenvalue weighted by Gasteiger charge is -2.23. The molecule has 6 heteroatoms. The summed E-state index contributed by atoms with van der Waals surface area (Å²) in [5.41, 5.74) is 0.744. The van der Waals surface area contributed by atoms with Crippen molar-refractivity contribution in [3.8, 4) is 11.5 Å². The zero-order valence-electron chi connectivity index (χ0n) is 14.6. The van der Waals surface area contributed by atoms with Gasteiger partial charge < -0.3 is 23.7 Å². The van der Waals surface area contributed by atoms with Crippen LogP contribution in [-0.4, -0.2) is 45.6 Å². The maximum Gasteiger partial charge on any atom is 0.335 e. The minimum absolute atomic E-state index is 0.0764. The number of esters is 1. The molecule has 1 heterocycles. The van der Waals surface area contributed by atoms with Crippen molar-refractivity contribution >= 4 is 5.97 Å². The van der Waals surface area contributed by atoms with Crippen molar-refractivity contribution in [3.63, 3.8) is 0 Å². The topological polar surface area (TPSA) is 63.2 Å². The molecule has 0 saturated carbocycles. The molecular weight excluding hydrogens is 312 g/mol. The third-order valence-corrected chi connectivity index (χ3v) is 4.00. The van der Waals surface area contributed by atoms with Crippen LogP contribution < -0.4 is 9.47 Å². The van der Waals surface area contributed by atoms with E-state index in [1.807, 2.05) is 0 Å². The second-order valence-corrected chi connectivity index (χ2v) is 5.75. The van der Waals surface area contributed by atoms with Crippen molar-refractivity contribution in [1.29, 1.82) is 0 Å². The molecule has 2 atom stereocenters. The van der Waals surface area contributed by atoms with Gasteiger partial charge in [-0.2, -0.15) is 0 Å². The summed E-state index contributed by atoms with van der Waals surface area (Å²) in [6, 6.07) is 5.36. The lowest BCUT2D eigenvalue weighted by atomic mass is 10.1. The molecule has 6 nitrogen and oxygen atoms in total. The summed E-state index contributed by atoms with van der Waals surface area (Å²) in [4.78, 5) is 12.1. The first-order chi connectivity index (χ1) is 11.6. The van der Waals surface area contributed by atoms with Gasteiger partial charge in [0.1, 0.15) is 18.1 Å². The van der Waals surface area contributed by atoms with E-state index in [1.165, 1.54) is 0 Å². The van der Waals surface area contributed by atoms with Crippen LogP contribution in [0.5, 0.6) is 11.5 Å². The molecule has 0 bridgehead atoms. The van der Waals surface area contributed by atoms with Crippen molar-refractivity contribution in [2.24, 2.45) is 0 Å². The number of hydrogen-bond donors (Lipinski definition) is 0. The first-order valence-corrected chi connectivity index (χ1v) is 8.24. The minimum Gasteiger partial charge on any atom is -0.497 e. The normalized spacial score (nSPS) is 18.7. The molecule has 0 aliphatic carbocycles. The van der Waals surface area contributed by atoms with Gasteiger partial charge in [0.15, 0.2) is 6.10 Å². The van der Waals surface area contributed by atoms with Crippen LogP contribution in [0.15, 0.2) is 18.2 Å². The zero-order chi connectivity index (χ0) is 17.4. The predicted molar refractivity (Wildman–Crippen MR) is 88.3 cm³/mol. The Bertz CT molecular complexity index is 524. The molecule has 134 valence electrons. The number of benzene rings is 1. The van der Waals surface area contributed by atoms with Gasteiger partial charge in [0.25, 0.3) is 0 Å². The van der Waals surface area contributed by atoms with Gasteiger partial charge in [-0.1, -0.05) is 0 Å². The number of ether oxygens (including phenoxy) is 5. The highest BCUT2D eigenvalue weighted by Crippen LogP contribution is 2.24. The van der Waals surface area contributed by atoms with Gasteiger partial charge in [-0.3, -0.25) is 0 Å². The summed E-state index contributed by atoms with van der Waals surface area (Å²) >= 11 is 0. The molecule has 1 aromatic carbocycles. The third-order valence-electron chi connectivity index (χ3n) is 4.00. The molecule has 1 aliphatic heterocycles. The van der Waals surface area contributed by atoms with Gasteiger partial charge in [0.05, 0.1) is 26.9 Å². The van der Waals surface area contributed by atoms with Crippen molar-refractivity contribution in [1.82, 2.24) is 0 Å². The van der Waals surface area contributed by atoms with Gasteiger partial charge in [-0.15, -0.1) is 0 Å². The summed E-state index contributed by atoms with van der Waals surface area (Å²) in [7, 11) is 3.16. The highest BCUT2D eigenvalue weighted by molar-refractivity contribution is 5.74. The number of methoxy groups -OCH3 is 2. The van der Waals surface area contributed by atoms with E-state index < -0.39 is 12.1 Å². The SMILES string of the molecule is COc1ccc(OC)c(COC(=O)C(C)OCC2CCCCO2)c1. The molecule has 0 radical (unpaired) electrons. The average molecular weight is 338 g/mol. The Kier molecular flexibility index (Phi) is 7.34. The smallest absolute Gasteiger partial charge is 0.335 e. The van der Waals surface area contributed by atoms with Crippen LogP contribution in [0.4, 0.5) is 0 Å². The van der Waals surface area contributed by atoms with Gasteiger partial charge >= 0.3 is 5.97 Å². The maximum absolute atomic E-state index is 12.1.